The molecule has 0 aliphatic heterocycles. The highest BCUT2D eigenvalue weighted by Gasteiger charge is 2.43. The largest absolute Gasteiger partial charge is 0.332 e. The zero-order chi connectivity index (χ0) is 21.2. The monoisotopic (exact) mass is 432 g/mol. The molecule has 1 saturated carbocycles. The maximum Gasteiger partial charge on any atom is 0.279 e. The number of nitrogens with zero attached hydrogens (tertiary/aromatic N) is 6. The molecule has 0 saturated heterocycles. The maximum absolute atomic E-state index is 13.7. The van der Waals surface area contributed by atoms with Crippen molar-refractivity contribution >= 4 is 28.2 Å². The molecular weight excluding hydrogens is 416 g/mol. The molecule has 154 valence electrons. The predicted molar refractivity (Wildman–Crippen MR) is 115 cm³/mol. The van der Waals surface area contributed by atoms with E-state index in [1.165, 1.54) is 0 Å². The molecule has 0 unspecified atom stereocenters. The molecule has 0 atom stereocenters. The summed E-state index contributed by atoms with van der Waals surface area (Å²) in [5, 5.41) is 4.68. The molecule has 0 amide bonds. The number of hydrogen-bond donors (Lipinski definition) is 0. The first-order valence-electron chi connectivity index (χ1n) is 9.97. The highest BCUT2D eigenvalue weighted by molar-refractivity contribution is 6.31. The molecule has 9 heteroatoms. The Labute approximate surface area is 181 Å². The van der Waals surface area contributed by atoms with Gasteiger partial charge in [-0.25, -0.2) is 4.98 Å². The van der Waals surface area contributed by atoms with Crippen LogP contribution in [0.15, 0.2) is 58.2 Å². The zero-order valence-corrected chi connectivity index (χ0v) is 17.4. The molecule has 8 nitrogen and oxygen atoms in total. The van der Waals surface area contributed by atoms with Gasteiger partial charge in [0.2, 0.25) is 0 Å². The van der Waals surface area contributed by atoms with Gasteiger partial charge in [-0.2, -0.15) is 4.98 Å². The summed E-state index contributed by atoms with van der Waals surface area (Å²) in [7, 11) is 0. The molecular formula is C22H17ClN6O2. The van der Waals surface area contributed by atoms with Crippen LogP contribution in [0.2, 0.25) is 5.02 Å². The molecule has 6 rings (SSSR count). The molecule has 1 aromatic carbocycles. The van der Waals surface area contributed by atoms with Gasteiger partial charge in [0, 0.05) is 16.6 Å². The second-order valence-corrected chi connectivity index (χ2v) is 8.58. The minimum absolute atomic E-state index is 0.0417. The van der Waals surface area contributed by atoms with E-state index in [9.17, 15) is 4.79 Å². The number of aromatic nitrogens is 6. The van der Waals surface area contributed by atoms with Crippen molar-refractivity contribution in [2.24, 2.45) is 0 Å². The number of pyridine rings is 1. The van der Waals surface area contributed by atoms with Gasteiger partial charge in [-0.15, -0.1) is 0 Å². The average Bonchev–Trinajstić information content (AvgIpc) is 3.18. The van der Waals surface area contributed by atoms with Gasteiger partial charge in [-0.05, 0) is 43.2 Å². The lowest BCUT2D eigenvalue weighted by Crippen LogP contribution is -2.24. The maximum atomic E-state index is 13.7. The van der Waals surface area contributed by atoms with Crippen molar-refractivity contribution in [3.05, 3.63) is 75.8 Å². The Morgan fingerprint density at radius 2 is 2.03 bits per heavy atom. The van der Waals surface area contributed by atoms with E-state index >= 15 is 0 Å². The van der Waals surface area contributed by atoms with Gasteiger partial charge >= 0.3 is 0 Å². The van der Waals surface area contributed by atoms with E-state index in [-0.39, 0.29) is 16.9 Å². The summed E-state index contributed by atoms with van der Waals surface area (Å²) in [5.41, 5.74) is 2.73. The first-order chi connectivity index (χ1) is 15.0. The number of halogens is 1. The molecule has 0 radical (unpaired) electrons. The summed E-state index contributed by atoms with van der Waals surface area (Å²) in [6.07, 6.45) is 5.36. The first kappa shape index (κ1) is 18.3. The van der Waals surface area contributed by atoms with Crippen LogP contribution in [-0.2, 0) is 12.0 Å². The SMILES string of the molecule is CC1(c2noc(-c3ncn4c3c(=O)n(Cc3ccccn3)c3cc(Cl)ccc34)n2)CC1. The van der Waals surface area contributed by atoms with Crippen molar-refractivity contribution in [2.75, 3.05) is 0 Å². The third-order valence-corrected chi connectivity index (χ3v) is 6.15. The summed E-state index contributed by atoms with van der Waals surface area (Å²) in [6, 6.07) is 11.0. The van der Waals surface area contributed by atoms with Crippen molar-refractivity contribution < 1.29 is 4.52 Å². The fourth-order valence-electron chi connectivity index (χ4n) is 3.83. The highest BCUT2D eigenvalue weighted by atomic mass is 35.5. The van der Waals surface area contributed by atoms with Crippen LogP contribution in [0.5, 0.6) is 0 Å². The molecule has 0 spiro atoms. The lowest BCUT2D eigenvalue weighted by molar-refractivity contribution is 0.415. The van der Waals surface area contributed by atoms with Crippen LogP contribution in [0, 0.1) is 0 Å². The molecule has 31 heavy (non-hydrogen) atoms. The van der Waals surface area contributed by atoms with Gasteiger partial charge in [0.25, 0.3) is 11.4 Å². The van der Waals surface area contributed by atoms with Crippen LogP contribution in [0.4, 0.5) is 0 Å². The summed E-state index contributed by atoms with van der Waals surface area (Å²) in [5.74, 6) is 0.908. The molecule has 4 heterocycles. The second kappa shape index (κ2) is 6.49. The summed E-state index contributed by atoms with van der Waals surface area (Å²) in [4.78, 5) is 27.1. The van der Waals surface area contributed by atoms with Crippen LogP contribution in [0.3, 0.4) is 0 Å². The lowest BCUT2D eigenvalue weighted by atomic mass is 10.1. The van der Waals surface area contributed by atoms with Gasteiger partial charge in [0.1, 0.15) is 11.8 Å². The molecule has 1 aliphatic carbocycles. The quantitative estimate of drug-likeness (QED) is 0.428. The Balaban J connectivity index is 1.61. The van der Waals surface area contributed by atoms with Crippen LogP contribution >= 0.6 is 11.6 Å². The molecule has 1 aliphatic rings. The van der Waals surface area contributed by atoms with E-state index in [0.29, 0.717) is 34.1 Å². The molecule has 0 N–H and O–H groups in total. The Hall–Kier alpha value is -3.52. The van der Waals surface area contributed by atoms with Crippen molar-refractivity contribution in [1.82, 2.24) is 29.1 Å². The van der Waals surface area contributed by atoms with Crippen LogP contribution in [-0.4, -0.2) is 29.1 Å². The number of rotatable bonds is 4. The predicted octanol–water partition coefficient (Wildman–Crippen LogP) is 3.85. The number of imidazole rings is 1. The highest BCUT2D eigenvalue weighted by Crippen LogP contribution is 2.46. The minimum Gasteiger partial charge on any atom is -0.332 e. The first-order valence-corrected chi connectivity index (χ1v) is 10.3. The van der Waals surface area contributed by atoms with Crippen LogP contribution in [0.25, 0.3) is 28.1 Å². The minimum atomic E-state index is -0.231. The van der Waals surface area contributed by atoms with Crippen molar-refractivity contribution in [1.29, 1.82) is 0 Å². The molecule has 1 fully saturated rings. The summed E-state index contributed by atoms with van der Waals surface area (Å²) in [6.45, 7) is 2.40. The van der Waals surface area contributed by atoms with E-state index in [0.717, 1.165) is 24.1 Å². The van der Waals surface area contributed by atoms with Crippen molar-refractivity contribution in [2.45, 2.75) is 31.7 Å². The standard InChI is InChI=1S/C22H17ClN6O2/c1-22(7-8-22)21-26-19(31-27-21)17-18-20(30)28(11-14-4-2-3-9-24-14)16-10-13(23)5-6-15(16)29(18)12-25-17/h2-6,9-10,12H,7-8,11H2,1H3. The fourth-order valence-corrected chi connectivity index (χ4v) is 4.00. The summed E-state index contributed by atoms with van der Waals surface area (Å²) < 4.78 is 8.92. The van der Waals surface area contributed by atoms with Crippen molar-refractivity contribution in [3.8, 4) is 11.6 Å². The third-order valence-electron chi connectivity index (χ3n) is 5.92. The Kier molecular flexibility index (Phi) is 3.82. The molecule has 5 aromatic rings. The fraction of sp³-hybridized carbons (Fsp3) is 0.227. The Morgan fingerprint density at radius 3 is 2.81 bits per heavy atom. The summed E-state index contributed by atoms with van der Waals surface area (Å²) >= 11 is 6.26. The smallest absolute Gasteiger partial charge is 0.279 e. The van der Waals surface area contributed by atoms with E-state index in [2.05, 4.69) is 27.0 Å². The topological polar surface area (TPSA) is 91.1 Å². The lowest BCUT2D eigenvalue weighted by Gasteiger charge is -2.12. The van der Waals surface area contributed by atoms with Crippen molar-refractivity contribution in [3.63, 3.8) is 0 Å². The van der Waals surface area contributed by atoms with E-state index < -0.39 is 0 Å². The number of fused-ring (bicyclic) bond motifs is 3. The van der Waals surface area contributed by atoms with E-state index in [1.54, 1.807) is 33.6 Å². The number of benzene rings is 1. The van der Waals surface area contributed by atoms with E-state index in [4.69, 9.17) is 16.1 Å². The second-order valence-electron chi connectivity index (χ2n) is 8.14. The average molecular weight is 433 g/mol. The zero-order valence-electron chi connectivity index (χ0n) is 16.6. The normalized spacial score (nSPS) is 15.0. The molecule has 0 bridgehead atoms. The van der Waals surface area contributed by atoms with Gasteiger partial charge in [-0.1, -0.05) is 29.7 Å². The number of hydrogen-bond acceptors (Lipinski definition) is 6. The van der Waals surface area contributed by atoms with Gasteiger partial charge in [0.05, 0.1) is 23.3 Å². The van der Waals surface area contributed by atoms with Gasteiger partial charge in [0.15, 0.2) is 11.5 Å². The molecule has 4 aromatic heterocycles. The van der Waals surface area contributed by atoms with Crippen LogP contribution < -0.4 is 5.56 Å². The van der Waals surface area contributed by atoms with Gasteiger partial charge in [-0.3, -0.25) is 18.7 Å². The Bertz CT molecular complexity index is 1510. The van der Waals surface area contributed by atoms with E-state index in [1.807, 2.05) is 24.3 Å². The Morgan fingerprint density at radius 1 is 1.16 bits per heavy atom. The van der Waals surface area contributed by atoms with Crippen LogP contribution in [0.1, 0.15) is 31.3 Å². The third kappa shape index (κ3) is 2.86. The van der Waals surface area contributed by atoms with Gasteiger partial charge < -0.3 is 4.52 Å².